The highest BCUT2D eigenvalue weighted by Crippen LogP contribution is 2.19. The van der Waals surface area contributed by atoms with E-state index in [2.05, 4.69) is 19.2 Å². The second-order valence-corrected chi connectivity index (χ2v) is 4.99. The number of amides is 1. The second kappa shape index (κ2) is 3.77. The van der Waals surface area contributed by atoms with Gasteiger partial charge in [-0.15, -0.1) is 0 Å². The molecule has 1 saturated heterocycles. The highest BCUT2D eigenvalue weighted by molar-refractivity contribution is 5.66. The SMILES string of the molecule is CC(C)C1CNC(C)(C)CN1C(=O)O. The molecule has 0 bridgehead atoms. The molecule has 0 radical (unpaired) electrons. The Morgan fingerprint density at radius 2 is 2.14 bits per heavy atom. The van der Waals surface area contributed by atoms with Crippen molar-refractivity contribution in [2.75, 3.05) is 13.1 Å². The van der Waals surface area contributed by atoms with E-state index in [1.807, 2.05) is 13.8 Å². The zero-order chi connectivity index (χ0) is 10.9. The fourth-order valence-electron chi connectivity index (χ4n) is 1.90. The van der Waals surface area contributed by atoms with Gasteiger partial charge < -0.3 is 15.3 Å². The van der Waals surface area contributed by atoms with Gasteiger partial charge in [-0.05, 0) is 19.8 Å². The number of nitrogens with one attached hydrogen (secondary N) is 1. The standard InChI is InChI=1S/C10H20N2O2/c1-7(2)8-5-11-10(3,4)6-12(8)9(13)14/h7-8,11H,5-6H2,1-4H3,(H,13,14). The second-order valence-electron chi connectivity index (χ2n) is 4.99. The third kappa shape index (κ3) is 2.38. The van der Waals surface area contributed by atoms with Gasteiger partial charge in [-0.25, -0.2) is 4.79 Å². The molecule has 0 spiro atoms. The average Bonchev–Trinajstić information content (AvgIpc) is 2.01. The minimum atomic E-state index is -0.807. The Bertz CT molecular complexity index is 226. The molecule has 4 heteroatoms. The van der Waals surface area contributed by atoms with E-state index in [1.54, 1.807) is 4.90 Å². The zero-order valence-corrected chi connectivity index (χ0v) is 9.37. The molecular weight excluding hydrogens is 180 g/mol. The Labute approximate surface area is 85.3 Å². The van der Waals surface area contributed by atoms with Crippen LogP contribution in [0.1, 0.15) is 27.7 Å². The van der Waals surface area contributed by atoms with Gasteiger partial charge in [0.05, 0.1) is 0 Å². The molecule has 1 fully saturated rings. The first-order chi connectivity index (χ1) is 6.33. The van der Waals surface area contributed by atoms with Gasteiger partial charge in [0.25, 0.3) is 0 Å². The number of carboxylic acid groups (broad SMARTS) is 1. The molecule has 1 rings (SSSR count). The van der Waals surface area contributed by atoms with Crippen LogP contribution in [0.25, 0.3) is 0 Å². The Balaban J connectivity index is 2.76. The van der Waals surface area contributed by atoms with E-state index in [4.69, 9.17) is 5.11 Å². The van der Waals surface area contributed by atoms with Gasteiger partial charge in [0.15, 0.2) is 0 Å². The fourth-order valence-corrected chi connectivity index (χ4v) is 1.90. The van der Waals surface area contributed by atoms with Crippen molar-refractivity contribution >= 4 is 6.09 Å². The van der Waals surface area contributed by atoms with Crippen LogP contribution in [0.15, 0.2) is 0 Å². The smallest absolute Gasteiger partial charge is 0.407 e. The highest BCUT2D eigenvalue weighted by atomic mass is 16.4. The molecule has 1 amide bonds. The molecule has 1 aliphatic heterocycles. The van der Waals surface area contributed by atoms with Gasteiger partial charge in [-0.3, -0.25) is 0 Å². The molecule has 0 aromatic carbocycles. The van der Waals surface area contributed by atoms with Crippen LogP contribution in [0.3, 0.4) is 0 Å². The Morgan fingerprint density at radius 1 is 1.57 bits per heavy atom. The first-order valence-corrected chi connectivity index (χ1v) is 5.08. The third-order valence-electron chi connectivity index (χ3n) is 2.77. The number of piperazine rings is 1. The number of nitrogens with zero attached hydrogens (tertiary/aromatic N) is 1. The van der Waals surface area contributed by atoms with E-state index in [0.29, 0.717) is 12.5 Å². The molecule has 0 aromatic rings. The highest BCUT2D eigenvalue weighted by Gasteiger charge is 2.36. The minimum absolute atomic E-state index is 0.0977. The van der Waals surface area contributed by atoms with Crippen LogP contribution in [0.2, 0.25) is 0 Å². The largest absolute Gasteiger partial charge is 0.465 e. The van der Waals surface area contributed by atoms with E-state index < -0.39 is 6.09 Å². The number of carbonyl (C=O) groups is 1. The van der Waals surface area contributed by atoms with Crippen LogP contribution in [-0.4, -0.2) is 40.8 Å². The summed E-state index contributed by atoms with van der Waals surface area (Å²) in [4.78, 5) is 12.6. The fraction of sp³-hybridized carbons (Fsp3) is 0.900. The number of rotatable bonds is 1. The van der Waals surface area contributed by atoms with Gasteiger partial charge in [0, 0.05) is 24.7 Å². The first-order valence-electron chi connectivity index (χ1n) is 5.08. The summed E-state index contributed by atoms with van der Waals surface area (Å²) in [5.74, 6) is 0.356. The first kappa shape index (κ1) is 11.3. The third-order valence-corrected chi connectivity index (χ3v) is 2.77. The van der Waals surface area contributed by atoms with Crippen LogP contribution in [0.5, 0.6) is 0 Å². The quantitative estimate of drug-likeness (QED) is 0.672. The van der Waals surface area contributed by atoms with Gasteiger partial charge in [0.1, 0.15) is 0 Å². The average molecular weight is 200 g/mol. The lowest BCUT2D eigenvalue weighted by atomic mass is 9.94. The summed E-state index contributed by atoms with van der Waals surface area (Å²) >= 11 is 0. The molecule has 4 nitrogen and oxygen atoms in total. The summed E-state index contributed by atoms with van der Waals surface area (Å²) in [6.45, 7) is 9.47. The van der Waals surface area contributed by atoms with E-state index in [1.165, 1.54) is 0 Å². The topological polar surface area (TPSA) is 52.6 Å². The molecule has 1 atom stereocenters. The van der Waals surface area contributed by atoms with Crippen LogP contribution in [0, 0.1) is 5.92 Å². The summed E-state index contributed by atoms with van der Waals surface area (Å²) in [7, 11) is 0. The number of hydrogen-bond donors (Lipinski definition) is 2. The maximum absolute atomic E-state index is 11.1. The molecule has 1 aliphatic rings. The van der Waals surface area contributed by atoms with Crippen LogP contribution >= 0.6 is 0 Å². The Kier molecular flexibility index (Phi) is 3.04. The van der Waals surface area contributed by atoms with E-state index >= 15 is 0 Å². The summed E-state index contributed by atoms with van der Waals surface area (Å²) in [6.07, 6.45) is -0.807. The van der Waals surface area contributed by atoms with Gasteiger partial charge in [-0.2, -0.15) is 0 Å². The molecule has 0 aliphatic carbocycles. The lowest BCUT2D eigenvalue weighted by Gasteiger charge is -2.44. The molecule has 0 saturated carbocycles. The van der Waals surface area contributed by atoms with Crippen molar-refractivity contribution in [2.45, 2.75) is 39.3 Å². The van der Waals surface area contributed by atoms with Crippen molar-refractivity contribution in [2.24, 2.45) is 5.92 Å². The maximum atomic E-state index is 11.1. The predicted molar refractivity (Wildman–Crippen MR) is 55.4 cm³/mol. The number of hydrogen-bond acceptors (Lipinski definition) is 2. The molecule has 1 unspecified atom stereocenters. The van der Waals surface area contributed by atoms with Crippen molar-refractivity contribution in [1.29, 1.82) is 0 Å². The Hall–Kier alpha value is -0.770. The maximum Gasteiger partial charge on any atom is 0.407 e. The monoisotopic (exact) mass is 200 g/mol. The summed E-state index contributed by atoms with van der Waals surface area (Å²) in [5, 5.41) is 12.5. The summed E-state index contributed by atoms with van der Waals surface area (Å²) in [6, 6.07) is 0.0977. The minimum Gasteiger partial charge on any atom is -0.465 e. The van der Waals surface area contributed by atoms with E-state index in [0.717, 1.165) is 6.54 Å². The van der Waals surface area contributed by atoms with Crippen LogP contribution in [0.4, 0.5) is 4.79 Å². The van der Waals surface area contributed by atoms with Crippen LogP contribution in [-0.2, 0) is 0 Å². The van der Waals surface area contributed by atoms with Crippen molar-refractivity contribution in [3.63, 3.8) is 0 Å². The van der Waals surface area contributed by atoms with Gasteiger partial charge in [0.2, 0.25) is 0 Å². The Morgan fingerprint density at radius 3 is 2.57 bits per heavy atom. The summed E-state index contributed by atoms with van der Waals surface area (Å²) < 4.78 is 0. The predicted octanol–water partition coefficient (Wildman–Crippen LogP) is 1.37. The van der Waals surface area contributed by atoms with E-state index in [9.17, 15) is 4.79 Å². The molecule has 1 heterocycles. The molecular formula is C10H20N2O2. The van der Waals surface area contributed by atoms with Crippen molar-refractivity contribution in [3.8, 4) is 0 Å². The van der Waals surface area contributed by atoms with E-state index in [-0.39, 0.29) is 11.6 Å². The summed E-state index contributed by atoms with van der Waals surface area (Å²) in [5.41, 5.74) is -0.107. The molecule has 14 heavy (non-hydrogen) atoms. The molecule has 82 valence electrons. The lowest BCUT2D eigenvalue weighted by molar-refractivity contribution is 0.0631. The van der Waals surface area contributed by atoms with Crippen molar-refractivity contribution < 1.29 is 9.90 Å². The van der Waals surface area contributed by atoms with Crippen molar-refractivity contribution in [3.05, 3.63) is 0 Å². The molecule has 2 N–H and O–H groups in total. The van der Waals surface area contributed by atoms with Crippen LogP contribution < -0.4 is 5.32 Å². The molecule has 0 aromatic heterocycles. The van der Waals surface area contributed by atoms with Gasteiger partial charge >= 0.3 is 6.09 Å². The zero-order valence-electron chi connectivity index (χ0n) is 9.37. The normalized spacial score (nSPS) is 26.6. The van der Waals surface area contributed by atoms with Crippen molar-refractivity contribution in [1.82, 2.24) is 10.2 Å². The van der Waals surface area contributed by atoms with Gasteiger partial charge in [-0.1, -0.05) is 13.8 Å². The lowest BCUT2D eigenvalue weighted by Crippen LogP contribution is -2.64.